The summed E-state index contributed by atoms with van der Waals surface area (Å²) in [5.41, 5.74) is -1.44. The van der Waals surface area contributed by atoms with Crippen LogP contribution in [0.5, 0.6) is 0 Å². The molecule has 1 aromatic carbocycles. The molecule has 4 amide bonds. The average molecular weight is 548 g/mol. The Morgan fingerprint density at radius 1 is 1.15 bits per heavy atom. The Balaban J connectivity index is 1.28. The number of imide groups is 1. The van der Waals surface area contributed by atoms with E-state index in [2.05, 4.69) is 20.8 Å². The highest BCUT2D eigenvalue weighted by atomic mass is 19.1. The summed E-state index contributed by atoms with van der Waals surface area (Å²) in [6.07, 6.45) is -0.565. The van der Waals surface area contributed by atoms with Gasteiger partial charge >= 0.3 is 12.1 Å². The number of urea groups is 1. The van der Waals surface area contributed by atoms with Gasteiger partial charge in [0, 0.05) is 19.2 Å². The molecular weight excluding hydrogens is 525 g/mol. The maximum absolute atomic E-state index is 16.4. The SMILES string of the molecule is CC1CN2c3c(cc4c(N5CC(c6ccccn6)OC5=O)noc4c3F)CC34C(=O)NC(=O)NC3=NC24C(C)O1. The predicted octanol–water partition coefficient (Wildman–Crippen LogP) is 2.16. The maximum Gasteiger partial charge on any atom is 0.416 e. The summed E-state index contributed by atoms with van der Waals surface area (Å²) < 4.78 is 33.5. The van der Waals surface area contributed by atoms with Crippen molar-refractivity contribution >= 4 is 46.3 Å². The number of carbonyl (C=O) groups excluding carboxylic acids is 3. The number of amides is 4. The van der Waals surface area contributed by atoms with Gasteiger partial charge in [-0.2, -0.15) is 0 Å². The Hall–Kier alpha value is -4.59. The fourth-order valence-corrected chi connectivity index (χ4v) is 6.96. The largest absolute Gasteiger partial charge is 0.437 e. The van der Waals surface area contributed by atoms with E-state index in [9.17, 15) is 14.4 Å². The van der Waals surface area contributed by atoms with Gasteiger partial charge in [-0.3, -0.25) is 25.3 Å². The highest BCUT2D eigenvalue weighted by molar-refractivity contribution is 6.26. The standard InChI is InChI=1S/C26H22FN7O6/c1-11-9-34-18-13(8-25-21(29-23(36)30-22(25)35)31-26(25,34)12(2)38-11)7-14-19(17(18)27)40-32-20(14)33-10-16(39-24(33)37)15-5-3-4-6-28-15/h3-7,11-12,16H,8-10H2,1-2H3,(H2,29,30,31,35,36). The van der Waals surface area contributed by atoms with Crippen LogP contribution < -0.4 is 20.4 Å². The lowest BCUT2D eigenvalue weighted by atomic mass is 9.58. The van der Waals surface area contributed by atoms with Gasteiger partial charge in [-0.1, -0.05) is 11.2 Å². The molecule has 2 aromatic heterocycles. The number of halogens is 1. The Morgan fingerprint density at radius 3 is 2.77 bits per heavy atom. The third kappa shape index (κ3) is 2.63. The molecule has 204 valence electrons. The van der Waals surface area contributed by atoms with Crippen LogP contribution in [0.3, 0.4) is 0 Å². The van der Waals surface area contributed by atoms with E-state index in [0.717, 1.165) is 0 Å². The summed E-state index contributed by atoms with van der Waals surface area (Å²) in [4.78, 5) is 50.5. The van der Waals surface area contributed by atoms with Gasteiger partial charge in [0.25, 0.3) is 0 Å². The molecule has 3 saturated heterocycles. The number of nitrogens with one attached hydrogen (secondary N) is 2. The molecule has 13 nitrogen and oxygen atoms in total. The molecule has 0 aliphatic carbocycles. The van der Waals surface area contributed by atoms with Crippen LogP contribution in [0.15, 0.2) is 40.0 Å². The van der Waals surface area contributed by atoms with Crippen molar-refractivity contribution in [3.05, 3.63) is 47.5 Å². The molecule has 3 fully saturated rings. The van der Waals surface area contributed by atoms with Crippen molar-refractivity contribution in [2.45, 2.75) is 44.2 Å². The lowest BCUT2D eigenvalue weighted by Crippen LogP contribution is -2.86. The summed E-state index contributed by atoms with van der Waals surface area (Å²) in [6.45, 7) is 3.99. The lowest BCUT2D eigenvalue weighted by molar-refractivity contribution is -0.147. The predicted molar refractivity (Wildman–Crippen MR) is 135 cm³/mol. The first-order chi connectivity index (χ1) is 19.2. The fourth-order valence-electron chi connectivity index (χ4n) is 6.96. The van der Waals surface area contributed by atoms with Gasteiger partial charge < -0.3 is 18.9 Å². The normalized spacial score (nSPS) is 32.2. The smallest absolute Gasteiger partial charge is 0.416 e. The molecule has 2 spiro atoms. The van der Waals surface area contributed by atoms with Gasteiger partial charge in [-0.15, -0.1) is 0 Å². The summed E-state index contributed by atoms with van der Waals surface area (Å²) >= 11 is 0. The molecule has 0 radical (unpaired) electrons. The van der Waals surface area contributed by atoms with Crippen LogP contribution in [-0.2, 0) is 20.7 Å². The third-order valence-corrected chi connectivity index (χ3v) is 8.57. The monoisotopic (exact) mass is 547 g/mol. The molecule has 40 heavy (non-hydrogen) atoms. The Morgan fingerprint density at radius 2 is 2.00 bits per heavy atom. The molecule has 14 heteroatoms. The van der Waals surface area contributed by atoms with Gasteiger partial charge in [-0.25, -0.2) is 19.0 Å². The van der Waals surface area contributed by atoms with E-state index in [-0.39, 0.29) is 53.9 Å². The number of nitrogens with zero attached hydrogens (tertiary/aromatic N) is 5. The van der Waals surface area contributed by atoms with E-state index in [4.69, 9.17) is 19.0 Å². The molecule has 8 rings (SSSR count). The number of fused-ring (bicyclic) bond motifs is 3. The molecule has 7 heterocycles. The topological polar surface area (TPSA) is 151 Å². The second kappa shape index (κ2) is 7.53. The van der Waals surface area contributed by atoms with E-state index >= 15 is 4.39 Å². The van der Waals surface area contributed by atoms with Crippen molar-refractivity contribution in [2.75, 3.05) is 22.9 Å². The molecule has 3 aromatic rings. The molecule has 5 atom stereocenters. The second-order valence-corrected chi connectivity index (χ2v) is 10.7. The van der Waals surface area contributed by atoms with Crippen molar-refractivity contribution in [2.24, 2.45) is 10.4 Å². The van der Waals surface area contributed by atoms with Gasteiger partial charge in [0.2, 0.25) is 11.5 Å². The number of ether oxygens (including phenoxy) is 2. The van der Waals surface area contributed by atoms with Gasteiger partial charge in [0.05, 0.1) is 29.4 Å². The third-order valence-electron chi connectivity index (χ3n) is 8.57. The number of benzene rings is 1. The van der Waals surface area contributed by atoms with Crippen LogP contribution in [0.1, 0.15) is 31.2 Å². The number of morpholine rings is 1. The first-order valence-corrected chi connectivity index (χ1v) is 12.9. The minimum atomic E-state index is -1.32. The number of amidine groups is 1. The second-order valence-electron chi connectivity index (χ2n) is 10.7. The molecule has 2 N–H and O–H groups in total. The number of anilines is 2. The minimum absolute atomic E-state index is 0.0321. The Labute approximate surface area is 225 Å². The quantitative estimate of drug-likeness (QED) is 0.492. The van der Waals surface area contributed by atoms with Crippen molar-refractivity contribution < 1.29 is 32.8 Å². The van der Waals surface area contributed by atoms with E-state index in [1.54, 1.807) is 42.3 Å². The highest BCUT2D eigenvalue weighted by Gasteiger charge is 2.77. The Bertz CT molecular complexity index is 1690. The first kappa shape index (κ1) is 23.3. The van der Waals surface area contributed by atoms with Crippen LogP contribution >= 0.6 is 0 Å². The van der Waals surface area contributed by atoms with Crippen molar-refractivity contribution in [3.8, 4) is 0 Å². The number of pyridine rings is 1. The molecule has 5 unspecified atom stereocenters. The number of hydrogen-bond donors (Lipinski definition) is 2. The van der Waals surface area contributed by atoms with E-state index in [0.29, 0.717) is 11.3 Å². The minimum Gasteiger partial charge on any atom is -0.437 e. The zero-order valence-electron chi connectivity index (χ0n) is 21.3. The summed E-state index contributed by atoms with van der Waals surface area (Å²) in [7, 11) is 0. The number of cyclic esters (lactones) is 1. The number of rotatable bonds is 2. The lowest BCUT2D eigenvalue weighted by Gasteiger charge is -2.67. The van der Waals surface area contributed by atoms with Crippen molar-refractivity contribution in [1.82, 2.24) is 20.8 Å². The van der Waals surface area contributed by atoms with Crippen LogP contribution in [0.4, 0.5) is 25.5 Å². The number of aromatic nitrogens is 2. The molecule has 0 bridgehead atoms. The van der Waals surface area contributed by atoms with Gasteiger partial charge in [-0.05, 0) is 37.6 Å². The van der Waals surface area contributed by atoms with Crippen LogP contribution in [0.2, 0.25) is 0 Å². The molecule has 0 saturated carbocycles. The van der Waals surface area contributed by atoms with Crippen molar-refractivity contribution in [3.63, 3.8) is 0 Å². The van der Waals surface area contributed by atoms with Crippen LogP contribution in [-0.4, -0.2) is 65.0 Å². The number of carbonyl (C=O) groups is 3. The first-order valence-electron chi connectivity index (χ1n) is 12.9. The van der Waals surface area contributed by atoms with Gasteiger partial charge in [0.1, 0.15) is 11.9 Å². The zero-order chi connectivity index (χ0) is 27.6. The van der Waals surface area contributed by atoms with Crippen molar-refractivity contribution in [1.29, 1.82) is 0 Å². The summed E-state index contributed by atoms with van der Waals surface area (Å²) in [5, 5.41) is 9.34. The van der Waals surface area contributed by atoms with E-state index in [1.807, 2.05) is 6.92 Å². The molecular formula is C26H22FN7O6. The molecule has 5 aliphatic rings. The molecule has 5 aliphatic heterocycles. The van der Waals surface area contributed by atoms with Crippen LogP contribution in [0.25, 0.3) is 11.0 Å². The number of aliphatic imine (C=N–C) groups is 1. The zero-order valence-corrected chi connectivity index (χ0v) is 21.3. The van der Waals surface area contributed by atoms with E-state index in [1.165, 1.54) is 4.90 Å². The van der Waals surface area contributed by atoms with Crippen LogP contribution in [0, 0.1) is 11.2 Å². The average Bonchev–Trinajstić information content (AvgIpc) is 3.50. The summed E-state index contributed by atoms with van der Waals surface area (Å²) in [6, 6.07) is 6.32. The van der Waals surface area contributed by atoms with Gasteiger partial charge in [0.15, 0.2) is 28.8 Å². The fraction of sp³-hybridized carbons (Fsp3) is 0.385. The summed E-state index contributed by atoms with van der Waals surface area (Å²) in [5.74, 6) is -0.898. The highest BCUT2D eigenvalue weighted by Crippen LogP contribution is 2.60. The number of hydrogen-bond acceptors (Lipinski definition) is 10. The van der Waals surface area contributed by atoms with E-state index < -0.39 is 47.1 Å². The maximum atomic E-state index is 16.4. The Kier molecular flexibility index (Phi) is 4.39.